The summed E-state index contributed by atoms with van der Waals surface area (Å²) in [7, 11) is 1.70. The Labute approximate surface area is 154 Å². The molecule has 0 spiro atoms. The molecule has 0 bridgehead atoms. The van der Waals surface area contributed by atoms with Gasteiger partial charge in [0.1, 0.15) is 5.75 Å². The van der Waals surface area contributed by atoms with Gasteiger partial charge in [0.05, 0.1) is 13.3 Å². The summed E-state index contributed by atoms with van der Waals surface area (Å²) >= 11 is 0. The van der Waals surface area contributed by atoms with E-state index in [2.05, 4.69) is 38.3 Å². The van der Waals surface area contributed by atoms with Crippen molar-refractivity contribution in [3.05, 3.63) is 66.2 Å². The first-order valence-electron chi connectivity index (χ1n) is 9.12. The van der Waals surface area contributed by atoms with Crippen LogP contribution in [0.3, 0.4) is 0 Å². The molecule has 134 valence electrons. The molecule has 5 heteroatoms. The molecule has 1 saturated heterocycles. The summed E-state index contributed by atoms with van der Waals surface area (Å²) in [5, 5.41) is 7.58. The molecule has 26 heavy (non-hydrogen) atoms. The lowest BCUT2D eigenvalue weighted by atomic mass is 9.89. The summed E-state index contributed by atoms with van der Waals surface area (Å²) in [5.41, 5.74) is 4.88. The van der Waals surface area contributed by atoms with E-state index in [0.717, 1.165) is 43.8 Å². The Morgan fingerprint density at radius 2 is 2.04 bits per heavy atom. The SMILES string of the molecule is COc1cccc(-c2cn[nH]c2C2CCN(Cc3cccnc3)CC2)c1. The molecule has 1 aromatic carbocycles. The van der Waals surface area contributed by atoms with Crippen LogP contribution >= 0.6 is 0 Å². The van der Waals surface area contributed by atoms with Crippen molar-refractivity contribution in [2.45, 2.75) is 25.3 Å². The van der Waals surface area contributed by atoms with Gasteiger partial charge in [-0.1, -0.05) is 18.2 Å². The molecule has 0 atom stereocenters. The van der Waals surface area contributed by atoms with Crippen molar-refractivity contribution in [3.63, 3.8) is 0 Å². The second-order valence-corrected chi connectivity index (χ2v) is 6.84. The fourth-order valence-electron chi connectivity index (χ4n) is 3.76. The van der Waals surface area contributed by atoms with Crippen LogP contribution in [0.15, 0.2) is 55.0 Å². The minimum Gasteiger partial charge on any atom is -0.497 e. The zero-order valence-electron chi connectivity index (χ0n) is 15.1. The molecule has 4 rings (SSSR count). The van der Waals surface area contributed by atoms with Gasteiger partial charge in [0.25, 0.3) is 0 Å². The molecule has 0 aliphatic carbocycles. The van der Waals surface area contributed by atoms with Crippen molar-refractivity contribution >= 4 is 0 Å². The summed E-state index contributed by atoms with van der Waals surface area (Å²) in [5.74, 6) is 1.39. The van der Waals surface area contributed by atoms with Crippen LogP contribution in [0.2, 0.25) is 0 Å². The van der Waals surface area contributed by atoms with Crippen molar-refractivity contribution in [1.29, 1.82) is 0 Å². The van der Waals surface area contributed by atoms with Gasteiger partial charge in [-0.25, -0.2) is 0 Å². The number of aromatic nitrogens is 3. The monoisotopic (exact) mass is 348 g/mol. The average Bonchev–Trinajstić information content (AvgIpc) is 3.19. The molecule has 0 amide bonds. The zero-order valence-corrected chi connectivity index (χ0v) is 15.1. The second kappa shape index (κ2) is 7.70. The van der Waals surface area contributed by atoms with Gasteiger partial charge in [-0.15, -0.1) is 0 Å². The van der Waals surface area contributed by atoms with Gasteiger partial charge >= 0.3 is 0 Å². The fourth-order valence-corrected chi connectivity index (χ4v) is 3.76. The first-order chi connectivity index (χ1) is 12.8. The number of ether oxygens (including phenoxy) is 1. The van der Waals surface area contributed by atoms with Crippen LogP contribution in [0.5, 0.6) is 5.75 Å². The van der Waals surface area contributed by atoms with Gasteiger partial charge in [-0.05, 0) is 55.3 Å². The van der Waals surface area contributed by atoms with Gasteiger partial charge in [0, 0.05) is 36.1 Å². The number of methoxy groups -OCH3 is 1. The van der Waals surface area contributed by atoms with E-state index in [-0.39, 0.29) is 0 Å². The molecule has 2 aromatic heterocycles. The van der Waals surface area contributed by atoms with Crippen molar-refractivity contribution in [3.8, 4) is 16.9 Å². The molecule has 3 heterocycles. The minimum atomic E-state index is 0.517. The summed E-state index contributed by atoms with van der Waals surface area (Å²) in [6.45, 7) is 3.17. The van der Waals surface area contributed by atoms with Crippen molar-refractivity contribution < 1.29 is 4.74 Å². The third-order valence-electron chi connectivity index (χ3n) is 5.17. The highest BCUT2D eigenvalue weighted by atomic mass is 16.5. The van der Waals surface area contributed by atoms with E-state index >= 15 is 0 Å². The van der Waals surface area contributed by atoms with E-state index in [4.69, 9.17) is 4.74 Å². The van der Waals surface area contributed by atoms with Crippen molar-refractivity contribution in [1.82, 2.24) is 20.1 Å². The standard InChI is InChI=1S/C21H24N4O/c1-26-19-6-2-5-18(12-19)20-14-23-24-21(20)17-7-10-25(11-8-17)15-16-4-3-9-22-13-16/h2-6,9,12-14,17H,7-8,10-11,15H2,1H3,(H,23,24). The third-order valence-corrected chi connectivity index (χ3v) is 5.17. The minimum absolute atomic E-state index is 0.517. The predicted molar refractivity (Wildman–Crippen MR) is 102 cm³/mol. The highest BCUT2D eigenvalue weighted by Gasteiger charge is 2.24. The van der Waals surface area contributed by atoms with Gasteiger partial charge < -0.3 is 4.74 Å². The maximum absolute atomic E-state index is 5.37. The average molecular weight is 348 g/mol. The molecule has 1 aliphatic heterocycles. The number of pyridine rings is 1. The molecule has 0 saturated carbocycles. The van der Waals surface area contributed by atoms with Gasteiger partial charge in [0.15, 0.2) is 0 Å². The van der Waals surface area contributed by atoms with Crippen LogP contribution in [0.25, 0.3) is 11.1 Å². The Balaban J connectivity index is 1.44. The van der Waals surface area contributed by atoms with Crippen LogP contribution in [0.1, 0.15) is 30.0 Å². The highest BCUT2D eigenvalue weighted by molar-refractivity contribution is 5.67. The lowest BCUT2D eigenvalue weighted by Crippen LogP contribution is -2.32. The molecule has 1 aliphatic rings. The number of rotatable bonds is 5. The fraction of sp³-hybridized carbons (Fsp3) is 0.333. The molecule has 0 radical (unpaired) electrons. The Hall–Kier alpha value is -2.66. The van der Waals surface area contributed by atoms with E-state index in [0.29, 0.717) is 5.92 Å². The first kappa shape index (κ1) is 16.8. The Morgan fingerprint density at radius 3 is 2.81 bits per heavy atom. The van der Waals surface area contributed by atoms with E-state index in [1.807, 2.05) is 36.8 Å². The number of aromatic amines is 1. The number of nitrogens with one attached hydrogen (secondary N) is 1. The summed E-state index contributed by atoms with van der Waals surface area (Å²) in [6.07, 6.45) is 8.00. The van der Waals surface area contributed by atoms with Gasteiger partial charge in [-0.3, -0.25) is 15.0 Å². The third kappa shape index (κ3) is 3.63. The smallest absolute Gasteiger partial charge is 0.119 e. The van der Waals surface area contributed by atoms with Crippen LogP contribution < -0.4 is 4.74 Å². The Bertz CT molecular complexity index is 838. The summed E-state index contributed by atoms with van der Waals surface area (Å²) < 4.78 is 5.37. The number of piperidine rings is 1. The largest absolute Gasteiger partial charge is 0.497 e. The van der Waals surface area contributed by atoms with E-state index in [1.165, 1.54) is 16.8 Å². The Kier molecular flexibility index (Phi) is 4.97. The quantitative estimate of drug-likeness (QED) is 0.761. The highest BCUT2D eigenvalue weighted by Crippen LogP contribution is 2.35. The van der Waals surface area contributed by atoms with E-state index in [1.54, 1.807) is 7.11 Å². The van der Waals surface area contributed by atoms with Crippen LogP contribution in [0.4, 0.5) is 0 Å². The number of benzene rings is 1. The predicted octanol–water partition coefficient (Wildman–Crippen LogP) is 3.86. The molecule has 1 fully saturated rings. The maximum atomic E-state index is 5.37. The number of hydrogen-bond acceptors (Lipinski definition) is 4. The van der Waals surface area contributed by atoms with Crippen molar-refractivity contribution in [2.24, 2.45) is 0 Å². The Morgan fingerprint density at radius 1 is 1.15 bits per heavy atom. The first-order valence-corrected chi connectivity index (χ1v) is 9.12. The number of hydrogen-bond donors (Lipinski definition) is 1. The maximum Gasteiger partial charge on any atom is 0.119 e. The second-order valence-electron chi connectivity index (χ2n) is 6.84. The molecule has 3 aromatic rings. The molecular formula is C21H24N4O. The lowest BCUT2D eigenvalue weighted by molar-refractivity contribution is 0.203. The van der Waals surface area contributed by atoms with Gasteiger partial charge in [0.2, 0.25) is 0 Å². The molecular weight excluding hydrogens is 324 g/mol. The van der Waals surface area contributed by atoms with Crippen molar-refractivity contribution in [2.75, 3.05) is 20.2 Å². The van der Waals surface area contributed by atoms with Gasteiger partial charge in [-0.2, -0.15) is 5.10 Å². The normalized spacial score (nSPS) is 15.9. The van der Waals surface area contributed by atoms with Crippen LogP contribution in [-0.4, -0.2) is 40.3 Å². The molecule has 0 unspecified atom stereocenters. The molecule has 5 nitrogen and oxygen atoms in total. The van der Waals surface area contributed by atoms with Crippen LogP contribution in [-0.2, 0) is 6.54 Å². The van der Waals surface area contributed by atoms with E-state index in [9.17, 15) is 0 Å². The number of H-pyrrole nitrogens is 1. The van der Waals surface area contributed by atoms with Crippen LogP contribution in [0, 0.1) is 0 Å². The zero-order chi connectivity index (χ0) is 17.8. The van der Waals surface area contributed by atoms with E-state index < -0.39 is 0 Å². The molecule has 1 N–H and O–H groups in total. The summed E-state index contributed by atoms with van der Waals surface area (Å²) in [6, 6.07) is 12.4. The number of nitrogens with zero attached hydrogens (tertiary/aromatic N) is 3. The number of likely N-dealkylation sites (tertiary alicyclic amines) is 1. The summed E-state index contributed by atoms with van der Waals surface area (Å²) in [4.78, 5) is 6.72. The lowest BCUT2D eigenvalue weighted by Gasteiger charge is -2.31. The topological polar surface area (TPSA) is 54.0 Å².